The SMILES string of the molecule is C=CC.CC.CC1C(=O)NN=C2COc3cc(-c4ccccc4)c(NC4(C)CNC4)cc3N21. The molecule has 7 nitrogen and oxygen atoms in total. The normalized spacial score (nSPS) is 19.3. The number of rotatable bonds is 3. The summed E-state index contributed by atoms with van der Waals surface area (Å²) in [7, 11) is 0. The van der Waals surface area contributed by atoms with Gasteiger partial charge in [0, 0.05) is 24.3 Å². The molecule has 1 unspecified atom stereocenters. The average molecular weight is 450 g/mol. The van der Waals surface area contributed by atoms with Gasteiger partial charge >= 0.3 is 0 Å². The van der Waals surface area contributed by atoms with Crippen LogP contribution in [0.5, 0.6) is 5.75 Å². The summed E-state index contributed by atoms with van der Waals surface area (Å²) >= 11 is 0. The van der Waals surface area contributed by atoms with Crippen LogP contribution >= 0.6 is 0 Å². The van der Waals surface area contributed by atoms with E-state index in [1.54, 1.807) is 6.08 Å². The standard InChI is InChI=1S/C21H23N5O2.C3H6.C2H6/c1-13-20(27)25-24-19-10-28-18-8-15(14-6-4-3-5-7-14)16(9-17(18)26(13)19)23-21(2)11-22-12-21;1-3-2;1-2/h3-9,13,22-23H,10-12H2,1-2H3,(H,25,27);3H,1H2,2H3;1-2H3. The molecule has 1 amide bonds. The molecule has 1 atom stereocenters. The van der Waals surface area contributed by atoms with Crippen LogP contribution in [0.4, 0.5) is 11.4 Å². The van der Waals surface area contributed by atoms with E-state index >= 15 is 0 Å². The van der Waals surface area contributed by atoms with E-state index in [2.05, 4.69) is 58.9 Å². The van der Waals surface area contributed by atoms with Crippen molar-refractivity contribution >= 4 is 23.1 Å². The Kier molecular flexibility index (Phi) is 7.76. The number of carbonyl (C=O) groups excluding carboxylic acids is 1. The lowest BCUT2D eigenvalue weighted by Crippen LogP contribution is -2.62. The first-order valence-electron chi connectivity index (χ1n) is 11.5. The summed E-state index contributed by atoms with van der Waals surface area (Å²) in [4.78, 5) is 14.2. The number of amidine groups is 1. The van der Waals surface area contributed by atoms with E-state index in [0.717, 1.165) is 47.2 Å². The Morgan fingerprint density at radius 3 is 2.52 bits per heavy atom. The van der Waals surface area contributed by atoms with Crippen LogP contribution in [0.25, 0.3) is 11.1 Å². The van der Waals surface area contributed by atoms with Gasteiger partial charge in [-0.3, -0.25) is 4.79 Å². The summed E-state index contributed by atoms with van der Waals surface area (Å²) in [5.41, 5.74) is 6.67. The summed E-state index contributed by atoms with van der Waals surface area (Å²) in [6.45, 7) is 15.5. The topological polar surface area (TPSA) is 78.0 Å². The number of benzene rings is 2. The highest BCUT2D eigenvalue weighted by Gasteiger charge is 2.37. The van der Waals surface area contributed by atoms with E-state index < -0.39 is 0 Å². The molecule has 33 heavy (non-hydrogen) atoms. The molecule has 176 valence electrons. The maximum Gasteiger partial charge on any atom is 0.262 e. The first-order valence-corrected chi connectivity index (χ1v) is 11.5. The molecule has 0 bridgehead atoms. The monoisotopic (exact) mass is 449 g/mol. The van der Waals surface area contributed by atoms with Crippen molar-refractivity contribution in [3.63, 3.8) is 0 Å². The maximum atomic E-state index is 12.2. The van der Waals surface area contributed by atoms with E-state index in [1.165, 1.54) is 0 Å². The smallest absolute Gasteiger partial charge is 0.262 e. The van der Waals surface area contributed by atoms with Crippen LogP contribution in [0.3, 0.4) is 0 Å². The predicted octanol–water partition coefficient (Wildman–Crippen LogP) is 4.38. The number of ether oxygens (including phenoxy) is 1. The van der Waals surface area contributed by atoms with E-state index in [1.807, 2.05) is 50.8 Å². The fraction of sp³-hybridized carbons (Fsp3) is 0.385. The molecule has 1 fully saturated rings. The molecule has 1 saturated heterocycles. The average Bonchev–Trinajstić information content (AvgIpc) is 2.82. The number of amides is 1. The number of nitrogens with zero attached hydrogens (tertiary/aromatic N) is 2. The first kappa shape index (κ1) is 24.3. The number of hydrogen-bond donors (Lipinski definition) is 3. The largest absolute Gasteiger partial charge is 0.483 e. The highest BCUT2D eigenvalue weighted by molar-refractivity contribution is 6.10. The molecule has 3 aliphatic heterocycles. The second kappa shape index (κ2) is 10.5. The fourth-order valence-electron chi connectivity index (χ4n) is 3.95. The zero-order valence-corrected chi connectivity index (χ0v) is 20.2. The lowest BCUT2D eigenvalue weighted by molar-refractivity contribution is -0.122. The van der Waals surface area contributed by atoms with Crippen molar-refractivity contribution in [1.29, 1.82) is 0 Å². The number of carbonyl (C=O) groups is 1. The van der Waals surface area contributed by atoms with Crippen molar-refractivity contribution in [3.05, 3.63) is 55.1 Å². The van der Waals surface area contributed by atoms with Crippen molar-refractivity contribution < 1.29 is 9.53 Å². The lowest BCUT2D eigenvalue weighted by atomic mass is 9.93. The van der Waals surface area contributed by atoms with E-state index in [-0.39, 0.29) is 17.5 Å². The van der Waals surface area contributed by atoms with Crippen LogP contribution in [-0.4, -0.2) is 43.0 Å². The lowest BCUT2D eigenvalue weighted by Gasteiger charge is -2.42. The van der Waals surface area contributed by atoms with Gasteiger partial charge in [0.1, 0.15) is 18.4 Å². The van der Waals surface area contributed by atoms with E-state index in [0.29, 0.717) is 6.61 Å². The number of nitrogens with one attached hydrogen (secondary N) is 3. The maximum absolute atomic E-state index is 12.2. The van der Waals surface area contributed by atoms with Crippen molar-refractivity contribution in [2.75, 3.05) is 29.9 Å². The number of fused-ring (bicyclic) bond motifs is 3. The van der Waals surface area contributed by atoms with Gasteiger partial charge in [-0.2, -0.15) is 5.10 Å². The van der Waals surface area contributed by atoms with Gasteiger partial charge in [-0.25, -0.2) is 5.43 Å². The zero-order valence-electron chi connectivity index (χ0n) is 20.2. The van der Waals surface area contributed by atoms with Gasteiger partial charge in [0.05, 0.1) is 11.2 Å². The minimum atomic E-state index is -0.341. The summed E-state index contributed by atoms with van der Waals surface area (Å²) in [5, 5.41) is 11.2. The molecule has 0 aliphatic carbocycles. The molecule has 0 spiro atoms. The molecule has 0 radical (unpaired) electrons. The van der Waals surface area contributed by atoms with Crippen molar-refractivity contribution in [3.8, 4) is 16.9 Å². The van der Waals surface area contributed by atoms with Gasteiger partial charge in [-0.15, -0.1) is 6.58 Å². The Hall–Kier alpha value is -3.32. The molecule has 3 N–H and O–H groups in total. The third-order valence-corrected chi connectivity index (χ3v) is 5.61. The van der Waals surface area contributed by atoms with E-state index in [9.17, 15) is 4.79 Å². The highest BCUT2D eigenvalue weighted by Crippen LogP contribution is 2.43. The quantitative estimate of drug-likeness (QED) is 0.607. The van der Waals surface area contributed by atoms with Gasteiger partial charge in [-0.05, 0) is 38.5 Å². The number of hydrogen-bond acceptors (Lipinski definition) is 6. The Morgan fingerprint density at radius 1 is 1.24 bits per heavy atom. The molecule has 0 saturated carbocycles. The Morgan fingerprint density at radius 2 is 1.91 bits per heavy atom. The second-order valence-corrected chi connectivity index (χ2v) is 8.27. The number of allylic oxidation sites excluding steroid dienone is 1. The molecule has 0 aromatic heterocycles. The van der Waals surface area contributed by atoms with Crippen molar-refractivity contribution in [2.24, 2.45) is 5.10 Å². The van der Waals surface area contributed by atoms with Gasteiger partial charge in [0.2, 0.25) is 0 Å². The predicted molar refractivity (Wildman–Crippen MR) is 137 cm³/mol. The summed E-state index contributed by atoms with van der Waals surface area (Å²) < 4.78 is 6.00. The Labute approximate surface area is 196 Å². The summed E-state index contributed by atoms with van der Waals surface area (Å²) in [5.74, 6) is 1.37. The van der Waals surface area contributed by atoms with Gasteiger partial charge < -0.3 is 20.3 Å². The Balaban J connectivity index is 0.000000569. The van der Waals surface area contributed by atoms with Crippen molar-refractivity contribution in [2.45, 2.75) is 46.2 Å². The molecule has 2 aromatic carbocycles. The minimum Gasteiger partial charge on any atom is -0.483 e. The van der Waals surface area contributed by atoms with Crippen molar-refractivity contribution in [1.82, 2.24) is 10.7 Å². The van der Waals surface area contributed by atoms with Gasteiger partial charge in [0.25, 0.3) is 5.91 Å². The van der Waals surface area contributed by atoms with E-state index in [4.69, 9.17) is 4.74 Å². The minimum absolute atomic E-state index is 0.00486. The van der Waals surface area contributed by atoms with Crippen LogP contribution in [0.1, 0.15) is 34.6 Å². The van der Waals surface area contributed by atoms with Crippen LogP contribution in [0, 0.1) is 0 Å². The Bertz CT molecular complexity index is 1010. The summed E-state index contributed by atoms with van der Waals surface area (Å²) in [6.07, 6.45) is 1.75. The molecule has 7 heteroatoms. The number of hydrazone groups is 1. The number of anilines is 2. The molecule has 2 aromatic rings. The molecule has 3 heterocycles. The van der Waals surface area contributed by atoms with Crippen LogP contribution in [0.15, 0.2) is 60.2 Å². The van der Waals surface area contributed by atoms with Crippen LogP contribution in [0.2, 0.25) is 0 Å². The third-order valence-electron chi connectivity index (χ3n) is 5.61. The first-order chi connectivity index (χ1) is 16.0. The third kappa shape index (κ3) is 5.03. The van der Waals surface area contributed by atoms with Gasteiger partial charge in [-0.1, -0.05) is 50.3 Å². The van der Waals surface area contributed by atoms with Crippen LogP contribution in [-0.2, 0) is 4.79 Å². The summed E-state index contributed by atoms with van der Waals surface area (Å²) in [6, 6.07) is 14.1. The second-order valence-electron chi connectivity index (χ2n) is 8.27. The van der Waals surface area contributed by atoms with Crippen LogP contribution < -0.4 is 25.7 Å². The fourth-order valence-corrected chi connectivity index (χ4v) is 3.95. The molecule has 3 aliphatic rings. The van der Waals surface area contributed by atoms with Gasteiger partial charge in [0.15, 0.2) is 5.84 Å². The molecule has 5 rings (SSSR count). The highest BCUT2D eigenvalue weighted by atomic mass is 16.5. The zero-order chi connectivity index (χ0) is 24.0. The molecular weight excluding hydrogens is 414 g/mol. The molecular formula is C26H35N5O2.